The van der Waals surface area contributed by atoms with Gasteiger partial charge >= 0.3 is 0 Å². The van der Waals surface area contributed by atoms with Crippen molar-refractivity contribution in [1.82, 2.24) is 29.5 Å². The largest absolute Gasteiger partial charge is 0.394 e. The van der Waals surface area contributed by atoms with Crippen LogP contribution in [0.5, 0.6) is 0 Å². The number of aliphatic hydroxyl groups is 1. The van der Waals surface area contributed by atoms with Crippen LogP contribution in [0.3, 0.4) is 0 Å². The van der Waals surface area contributed by atoms with Crippen molar-refractivity contribution in [2.75, 3.05) is 13.2 Å². The van der Waals surface area contributed by atoms with Gasteiger partial charge in [0.15, 0.2) is 0 Å². The number of carbonyl (C=O) groups excluding carboxylic acids is 2. The van der Waals surface area contributed by atoms with Gasteiger partial charge in [0, 0.05) is 54.1 Å². The monoisotopic (exact) mass is 520 g/mol. The summed E-state index contributed by atoms with van der Waals surface area (Å²) < 4.78 is 2.90. The molecule has 1 aliphatic heterocycles. The zero-order chi connectivity index (χ0) is 26.1. The number of amides is 2. The maximum atomic E-state index is 13.5. The third-order valence-electron chi connectivity index (χ3n) is 6.54. The average Bonchev–Trinajstić information content (AvgIpc) is 3.30. The van der Waals surface area contributed by atoms with Crippen LogP contribution in [0, 0.1) is 0 Å². The maximum Gasteiger partial charge on any atom is 0.265 e. The fourth-order valence-electron chi connectivity index (χ4n) is 4.37. The molecule has 1 fully saturated rings. The third-order valence-corrected chi connectivity index (χ3v) is 6.80. The second-order valence-corrected chi connectivity index (χ2v) is 9.45. The average molecular weight is 521 g/mol. The van der Waals surface area contributed by atoms with E-state index in [1.54, 1.807) is 48.4 Å². The van der Waals surface area contributed by atoms with Crippen LogP contribution in [0.25, 0.3) is 22.2 Å². The Balaban J connectivity index is 1.52. The van der Waals surface area contributed by atoms with Crippen LogP contribution >= 0.6 is 11.6 Å². The predicted octanol–water partition coefficient (Wildman–Crippen LogP) is 1.97. The van der Waals surface area contributed by atoms with Gasteiger partial charge < -0.3 is 15.3 Å². The van der Waals surface area contributed by atoms with E-state index in [1.165, 1.54) is 15.5 Å². The van der Waals surface area contributed by atoms with Gasteiger partial charge in [-0.05, 0) is 36.2 Å². The van der Waals surface area contributed by atoms with E-state index in [0.717, 1.165) is 16.7 Å². The quantitative estimate of drug-likeness (QED) is 0.384. The highest BCUT2D eigenvalue weighted by Gasteiger charge is 2.32. The van der Waals surface area contributed by atoms with E-state index in [9.17, 15) is 19.5 Å². The molecule has 5 rings (SSSR count). The van der Waals surface area contributed by atoms with E-state index in [2.05, 4.69) is 15.4 Å². The molecule has 1 atom stereocenters. The molecule has 0 aliphatic carbocycles. The third kappa shape index (κ3) is 4.98. The minimum atomic E-state index is -0.614. The first-order valence-corrected chi connectivity index (χ1v) is 12.2. The number of hydrogen-bond donors (Lipinski definition) is 2. The van der Waals surface area contributed by atoms with Gasteiger partial charge in [0.1, 0.15) is 17.8 Å². The molecule has 11 heteroatoms. The lowest BCUT2D eigenvalue weighted by Gasteiger charge is -2.40. The van der Waals surface area contributed by atoms with Crippen molar-refractivity contribution >= 4 is 34.4 Å². The second-order valence-electron chi connectivity index (χ2n) is 9.01. The van der Waals surface area contributed by atoms with Gasteiger partial charge in [0.2, 0.25) is 5.91 Å². The van der Waals surface area contributed by atoms with Crippen molar-refractivity contribution in [1.29, 1.82) is 0 Å². The van der Waals surface area contributed by atoms with Crippen molar-refractivity contribution < 1.29 is 14.7 Å². The number of nitrogens with one attached hydrogen (secondary N) is 1. The minimum absolute atomic E-state index is 0.0956. The number of pyridine rings is 2. The smallest absolute Gasteiger partial charge is 0.265 e. The molecule has 4 aromatic rings. The molecule has 190 valence electrons. The summed E-state index contributed by atoms with van der Waals surface area (Å²) >= 11 is 5.93. The highest BCUT2D eigenvalue weighted by Crippen LogP contribution is 2.23. The molecular formula is C26H25ClN6O4. The molecule has 3 aromatic heterocycles. The van der Waals surface area contributed by atoms with Crippen LogP contribution < -0.4 is 10.9 Å². The van der Waals surface area contributed by atoms with E-state index in [4.69, 9.17) is 11.6 Å². The first kappa shape index (κ1) is 24.7. The zero-order valence-electron chi connectivity index (χ0n) is 20.1. The molecule has 4 heterocycles. The Morgan fingerprint density at radius 2 is 1.95 bits per heavy atom. The number of halogens is 1. The topological polar surface area (TPSA) is 122 Å². The molecule has 0 saturated carbocycles. The number of rotatable bonds is 7. The molecule has 2 N–H and O–H groups in total. The molecule has 1 aliphatic rings. The number of fused-ring (bicyclic) bond motifs is 1. The van der Waals surface area contributed by atoms with Crippen LogP contribution in [-0.2, 0) is 24.9 Å². The molecule has 2 amide bonds. The van der Waals surface area contributed by atoms with Gasteiger partial charge in [0.25, 0.3) is 11.5 Å². The van der Waals surface area contributed by atoms with Gasteiger partial charge in [-0.1, -0.05) is 23.7 Å². The van der Waals surface area contributed by atoms with Crippen molar-refractivity contribution in [3.63, 3.8) is 0 Å². The Labute approximate surface area is 217 Å². The normalized spacial score (nSPS) is 15.0. The summed E-state index contributed by atoms with van der Waals surface area (Å²) in [5.41, 5.74) is 1.99. The van der Waals surface area contributed by atoms with Gasteiger partial charge in [-0.3, -0.25) is 23.6 Å². The summed E-state index contributed by atoms with van der Waals surface area (Å²) in [5.74, 6) is -0.877. The van der Waals surface area contributed by atoms with Crippen molar-refractivity contribution in [3.05, 3.63) is 81.5 Å². The van der Waals surface area contributed by atoms with Gasteiger partial charge in [-0.15, -0.1) is 0 Å². The Hall–Kier alpha value is -4.02. The number of likely N-dealkylation sites (tertiary alicyclic amines) is 1. The molecule has 10 nitrogen and oxygen atoms in total. The number of nitrogens with zero attached hydrogens (tertiary/aromatic N) is 5. The lowest BCUT2D eigenvalue weighted by molar-refractivity contribution is -0.141. The fourth-order valence-corrected chi connectivity index (χ4v) is 4.49. The number of aromatic nitrogens is 4. The standard InChI is InChI=1S/C26H25ClN6O4/c1-31-13-19(12-30-31)18-8-17-9-22(25(36)29-10-16-2-4-20(27)5-3-16)26(37)33(24(17)28-11-18)14-23(35)32-7-6-21(32)15-34/h2-5,8-9,11-13,21,34H,6-7,10,14-15H2,1H3,(H,29,36). The zero-order valence-corrected chi connectivity index (χ0v) is 20.9. The Bertz CT molecular complexity index is 1540. The van der Waals surface area contributed by atoms with Crippen molar-refractivity contribution in [2.45, 2.75) is 25.6 Å². The van der Waals surface area contributed by atoms with E-state index < -0.39 is 11.5 Å². The SMILES string of the molecule is Cn1cc(-c2cnc3c(c2)cc(C(=O)NCc2ccc(Cl)cc2)c(=O)n3CC(=O)N2CCC2CO)cn1. The Kier molecular flexibility index (Phi) is 6.77. The number of hydrogen-bond acceptors (Lipinski definition) is 6. The molecule has 0 spiro atoms. The van der Waals surface area contributed by atoms with E-state index in [-0.39, 0.29) is 37.2 Å². The number of carbonyl (C=O) groups is 2. The van der Waals surface area contributed by atoms with Crippen molar-refractivity contribution in [3.8, 4) is 11.1 Å². The predicted molar refractivity (Wildman–Crippen MR) is 138 cm³/mol. The van der Waals surface area contributed by atoms with Crippen LogP contribution in [0.2, 0.25) is 5.02 Å². The maximum absolute atomic E-state index is 13.5. The summed E-state index contributed by atoms with van der Waals surface area (Å²) in [5, 5.41) is 17.6. The molecule has 0 bridgehead atoms. The Morgan fingerprint density at radius 3 is 2.59 bits per heavy atom. The van der Waals surface area contributed by atoms with Crippen LogP contribution in [0.1, 0.15) is 22.3 Å². The van der Waals surface area contributed by atoms with Crippen molar-refractivity contribution in [2.24, 2.45) is 7.05 Å². The first-order chi connectivity index (χ1) is 17.8. The van der Waals surface area contributed by atoms with Crippen LogP contribution in [-0.4, -0.2) is 60.3 Å². The number of aliphatic hydroxyl groups excluding tert-OH is 1. The summed E-state index contributed by atoms with van der Waals surface area (Å²) in [7, 11) is 1.81. The molecule has 0 radical (unpaired) electrons. The van der Waals surface area contributed by atoms with E-state index in [1.807, 2.05) is 12.3 Å². The number of benzene rings is 1. The second kappa shape index (κ2) is 10.2. The summed E-state index contributed by atoms with van der Waals surface area (Å²) in [6.07, 6.45) is 5.85. The lowest BCUT2D eigenvalue weighted by Crippen LogP contribution is -2.54. The van der Waals surface area contributed by atoms with Crippen LogP contribution in [0.4, 0.5) is 0 Å². The van der Waals surface area contributed by atoms with E-state index >= 15 is 0 Å². The molecule has 1 saturated heterocycles. The molecule has 37 heavy (non-hydrogen) atoms. The Morgan fingerprint density at radius 1 is 1.16 bits per heavy atom. The fraction of sp³-hybridized carbons (Fsp3) is 0.269. The molecule has 1 aromatic carbocycles. The summed E-state index contributed by atoms with van der Waals surface area (Å²) in [6, 6.07) is 10.1. The summed E-state index contributed by atoms with van der Waals surface area (Å²) in [4.78, 5) is 45.6. The number of aryl methyl sites for hydroxylation is 1. The lowest BCUT2D eigenvalue weighted by atomic mass is 10.0. The molecule has 1 unspecified atom stereocenters. The van der Waals surface area contributed by atoms with Gasteiger partial charge in [0.05, 0.1) is 18.8 Å². The molecular weight excluding hydrogens is 496 g/mol. The van der Waals surface area contributed by atoms with Crippen LogP contribution in [0.15, 0.2) is 59.8 Å². The highest BCUT2D eigenvalue weighted by molar-refractivity contribution is 6.30. The summed E-state index contributed by atoms with van der Waals surface area (Å²) in [6.45, 7) is 0.285. The first-order valence-electron chi connectivity index (χ1n) is 11.8. The minimum Gasteiger partial charge on any atom is -0.394 e. The highest BCUT2D eigenvalue weighted by atomic mass is 35.5. The van der Waals surface area contributed by atoms with E-state index in [0.29, 0.717) is 29.0 Å². The van der Waals surface area contributed by atoms with Gasteiger partial charge in [-0.2, -0.15) is 5.10 Å². The van der Waals surface area contributed by atoms with Gasteiger partial charge in [-0.25, -0.2) is 4.98 Å².